The Hall–Kier alpha value is -1.39. The van der Waals surface area contributed by atoms with Gasteiger partial charge < -0.3 is 14.8 Å². The predicted molar refractivity (Wildman–Crippen MR) is 77.4 cm³/mol. The Morgan fingerprint density at radius 3 is 2.90 bits per heavy atom. The summed E-state index contributed by atoms with van der Waals surface area (Å²) < 4.78 is 10.5. The van der Waals surface area contributed by atoms with Crippen LogP contribution < -0.4 is 5.32 Å². The Morgan fingerprint density at radius 1 is 1.45 bits per heavy atom. The van der Waals surface area contributed by atoms with Crippen molar-refractivity contribution in [1.82, 2.24) is 5.32 Å². The lowest BCUT2D eigenvalue weighted by atomic mass is 10.1. The highest BCUT2D eigenvalue weighted by atomic mass is 16.5. The maximum absolute atomic E-state index is 11.9. The van der Waals surface area contributed by atoms with Crippen LogP contribution in [0.1, 0.15) is 37.3 Å². The molecule has 1 saturated heterocycles. The van der Waals surface area contributed by atoms with E-state index in [1.165, 1.54) is 20.0 Å². The van der Waals surface area contributed by atoms with Crippen molar-refractivity contribution in [3.8, 4) is 0 Å². The molecule has 110 valence electrons. The summed E-state index contributed by atoms with van der Waals surface area (Å²) >= 11 is 0. The molecule has 1 aromatic rings. The number of hydrogen-bond donors (Lipinski definition) is 1. The lowest BCUT2D eigenvalue weighted by Gasteiger charge is -2.17. The van der Waals surface area contributed by atoms with E-state index in [0.29, 0.717) is 6.10 Å². The third kappa shape index (κ3) is 4.32. The highest BCUT2D eigenvalue weighted by Gasteiger charge is 2.20. The lowest BCUT2D eigenvalue weighted by Crippen LogP contribution is -2.30. The molecule has 0 radical (unpaired) electrons. The highest BCUT2D eigenvalue weighted by molar-refractivity contribution is 5.77. The monoisotopic (exact) mass is 277 g/mol. The molecule has 1 aliphatic rings. The number of rotatable bonds is 7. The van der Waals surface area contributed by atoms with Crippen LogP contribution >= 0.6 is 0 Å². The van der Waals surface area contributed by atoms with Crippen molar-refractivity contribution in [2.24, 2.45) is 0 Å². The molecule has 0 aromatic heterocycles. The van der Waals surface area contributed by atoms with E-state index in [2.05, 4.69) is 5.32 Å². The fraction of sp³-hybridized carbons (Fsp3) is 0.562. The second kappa shape index (κ2) is 8.02. The number of ether oxygens (including phenoxy) is 2. The third-order valence-corrected chi connectivity index (χ3v) is 3.65. The fourth-order valence-corrected chi connectivity index (χ4v) is 2.55. The van der Waals surface area contributed by atoms with Crippen LogP contribution in [0.3, 0.4) is 0 Å². The van der Waals surface area contributed by atoms with Gasteiger partial charge in [-0.15, -0.1) is 0 Å². The van der Waals surface area contributed by atoms with Crippen molar-refractivity contribution in [1.29, 1.82) is 0 Å². The molecular formula is C16H23NO3. The molecule has 1 heterocycles. The number of carbonyl (C=O) groups is 1. The molecule has 1 aliphatic heterocycles. The average molecular weight is 277 g/mol. The average Bonchev–Trinajstić information content (AvgIpc) is 3.01. The summed E-state index contributed by atoms with van der Waals surface area (Å²) in [5.74, 6) is -0.242. The summed E-state index contributed by atoms with van der Waals surface area (Å²) in [5.41, 5.74) is 0.941. The van der Waals surface area contributed by atoms with Gasteiger partial charge in [0.15, 0.2) is 0 Å². The zero-order chi connectivity index (χ0) is 14.2. The summed E-state index contributed by atoms with van der Waals surface area (Å²) in [6, 6.07) is 9.29. The molecule has 1 aromatic carbocycles. The van der Waals surface area contributed by atoms with Crippen molar-refractivity contribution in [2.45, 2.75) is 37.8 Å². The first-order valence-corrected chi connectivity index (χ1v) is 7.29. The summed E-state index contributed by atoms with van der Waals surface area (Å²) in [7, 11) is 1.42. The molecule has 1 fully saturated rings. The van der Waals surface area contributed by atoms with Gasteiger partial charge in [-0.2, -0.15) is 0 Å². The van der Waals surface area contributed by atoms with Crippen molar-refractivity contribution in [2.75, 3.05) is 20.3 Å². The van der Waals surface area contributed by atoms with Gasteiger partial charge >= 0.3 is 5.97 Å². The smallest absolute Gasteiger partial charge is 0.327 e. The van der Waals surface area contributed by atoms with E-state index in [1.54, 1.807) is 0 Å². The summed E-state index contributed by atoms with van der Waals surface area (Å²) in [6.07, 6.45) is 4.80. The number of benzene rings is 1. The zero-order valence-corrected chi connectivity index (χ0v) is 12.0. The van der Waals surface area contributed by atoms with E-state index in [4.69, 9.17) is 9.47 Å². The fourth-order valence-electron chi connectivity index (χ4n) is 2.55. The van der Waals surface area contributed by atoms with E-state index >= 15 is 0 Å². The normalized spacial score (nSPS) is 19.8. The quantitative estimate of drug-likeness (QED) is 0.614. The van der Waals surface area contributed by atoms with Crippen LogP contribution in [0, 0.1) is 0 Å². The van der Waals surface area contributed by atoms with E-state index < -0.39 is 0 Å². The Bertz CT molecular complexity index is 401. The lowest BCUT2D eigenvalue weighted by molar-refractivity contribution is -0.143. The minimum Gasteiger partial charge on any atom is -0.468 e. The first kappa shape index (κ1) is 15.0. The molecule has 2 unspecified atom stereocenters. The van der Waals surface area contributed by atoms with Crippen LogP contribution in [-0.2, 0) is 14.3 Å². The van der Waals surface area contributed by atoms with Gasteiger partial charge in [0.2, 0.25) is 0 Å². The second-order valence-electron chi connectivity index (χ2n) is 5.10. The maximum atomic E-state index is 11.9. The molecule has 0 saturated carbocycles. The molecule has 0 amide bonds. The van der Waals surface area contributed by atoms with Crippen molar-refractivity contribution < 1.29 is 14.3 Å². The van der Waals surface area contributed by atoms with Gasteiger partial charge in [-0.25, -0.2) is 4.79 Å². The predicted octanol–water partition coefficient (Wildman–Crippen LogP) is 2.45. The Balaban J connectivity index is 1.80. The largest absolute Gasteiger partial charge is 0.468 e. The molecule has 2 atom stereocenters. The topological polar surface area (TPSA) is 47.6 Å². The number of methoxy groups -OCH3 is 1. The summed E-state index contributed by atoms with van der Waals surface area (Å²) in [4.78, 5) is 11.9. The minimum absolute atomic E-state index is 0.242. The molecule has 2 rings (SSSR count). The number of nitrogens with one attached hydrogen (secondary N) is 1. The van der Waals surface area contributed by atoms with E-state index in [-0.39, 0.29) is 12.0 Å². The Morgan fingerprint density at radius 2 is 2.25 bits per heavy atom. The first-order chi connectivity index (χ1) is 9.81. The van der Waals surface area contributed by atoms with E-state index in [1.807, 2.05) is 30.3 Å². The third-order valence-electron chi connectivity index (χ3n) is 3.65. The molecule has 0 aliphatic carbocycles. The van der Waals surface area contributed by atoms with Gasteiger partial charge in [-0.05, 0) is 37.8 Å². The summed E-state index contributed by atoms with van der Waals surface area (Å²) in [6.45, 7) is 1.68. The molecule has 0 bridgehead atoms. The van der Waals surface area contributed by atoms with Gasteiger partial charge in [0.1, 0.15) is 6.04 Å². The van der Waals surface area contributed by atoms with Gasteiger partial charge in [-0.1, -0.05) is 30.3 Å². The molecule has 1 N–H and O–H groups in total. The van der Waals surface area contributed by atoms with Crippen LogP contribution in [0.25, 0.3) is 0 Å². The highest BCUT2D eigenvalue weighted by Crippen LogP contribution is 2.17. The van der Waals surface area contributed by atoms with Gasteiger partial charge in [-0.3, -0.25) is 0 Å². The van der Waals surface area contributed by atoms with Gasteiger partial charge in [0.25, 0.3) is 0 Å². The van der Waals surface area contributed by atoms with Crippen molar-refractivity contribution in [3.63, 3.8) is 0 Å². The number of esters is 1. The molecule has 4 nitrogen and oxygen atoms in total. The van der Waals surface area contributed by atoms with Gasteiger partial charge in [0, 0.05) is 6.61 Å². The second-order valence-corrected chi connectivity index (χ2v) is 5.10. The molecule has 0 spiro atoms. The van der Waals surface area contributed by atoms with Crippen LogP contribution in [0.5, 0.6) is 0 Å². The maximum Gasteiger partial charge on any atom is 0.327 e. The summed E-state index contributed by atoms with van der Waals surface area (Å²) in [5, 5.41) is 3.28. The molecular weight excluding hydrogens is 254 g/mol. The van der Waals surface area contributed by atoms with Crippen LogP contribution in [0.15, 0.2) is 30.3 Å². The van der Waals surface area contributed by atoms with Gasteiger partial charge in [0.05, 0.1) is 13.2 Å². The number of carbonyl (C=O) groups excluding carboxylic acids is 1. The zero-order valence-electron chi connectivity index (χ0n) is 12.0. The Labute approximate surface area is 120 Å². The minimum atomic E-state index is -0.384. The first-order valence-electron chi connectivity index (χ1n) is 7.29. The molecule has 20 heavy (non-hydrogen) atoms. The molecule has 4 heteroatoms. The van der Waals surface area contributed by atoms with Crippen LogP contribution in [0.4, 0.5) is 0 Å². The van der Waals surface area contributed by atoms with E-state index in [9.17, 15) is 4.79 Å². The van der Waals surface area contributed by atoms with Crippen LogP contribution in [-0.4, -0.2) is 32.3 Å². The number of hydrogen-bond acceptors (Lipinski definition) is 4. The standard InChI is InChI=1S/C16H23NO3/c1-19-16(18)15(13-7-3-2-4-8-13)17-11-5-9-14-10-6-12-20-14/h2-4,7-8,14-15,17H,5-6,9-12H2,1H3. The van der Waals surface area contributed by atoms with Crippen molar-refractivity contribution >= 4 is 5.97 Å². The van der Waals surface area contributed by atoms with Crippen molar-refractivity contribution in [3.05, 3.63) is 35.9 Å². The Kier molecular flexibility index (Phi) is 6.02. The van der Waals surface area contributed by atoms with E-state index in [0.717, 1.165) is 31.6 Å². The van der Waals surface area contributed by atoms with Crippen LogP contribution in [0.2, 0.25) is 0 Å². The SMILES string of the molecule is COC(=O)C(NCCCC1CCCO1)c1ccccc1.